The number of rotatable bonds is 8. The SMILES string of the molecule is CCCCC(NC(C)CS(C)=O)c1ccc(F)cc1. The number of unbranched alkanes of at least 4 members (excludes halogenated alkanes) is 1. The van der Waals surface area contributed by atoms with Gasteiger partial charge in [-0.2, -0.15) is 0 Å². The molecular weight excluding hydrogens is 261 g/mol. The standard InChI is InChI=1S/C15H24FNOS/c1-4-5-6-15(17-12(2)11-19(3)18)13-7-9-14(16)10-8-13/h7-10,12,15,17H,4-6,11H2,1-3H3. The third kappa shape index (κ3) is 6.30. The van der Waals surface area contributed by atoms with E-state index in [9.17, 15) is 8.60 Å². The average Bonchev–Trinajstić information content (AvgIpc) is 2.34. The molecule has 0 aliphatic carbocycles. The van der Waals surface area contributed by atoms with Gasteiger partial charge >= 0.3 is 0 Å². The van der Waals surface area contributed by atoms with Crippen LogP contribution in [0.4, 0.5) is 4.39 Å². The van der Waals surface area contributed by atoms with Crippen molar-refractivity contribution >= 4 is 10.8 Å². The second kappa shape index (κ2) is 8.43. The minimum absolute atomic E-state index is 0.192. The molecular formula is C15H24FNOS. The van der Waals surface area contributed by atoms with Crippen molar-refractivity contribution in [2.75, 3.05) is 12.0 Å². The minimum Gasteiger partial charge on any atom is -0.307 e. The lowest BCUT2D eigenvalue weighted by Crippen LogP contribution is -2.34. The molecule has 0 aliphatic rings. The Morgan fingerprint density at radius 2 is 1.95 bits per heavy atom. The van der Waals surface area contributed by atoms with Crippen molar-refractivity contribution in [1.29, 1.82) is 0 Å². The van der Waals surface area contributed by atoms with E-state index in [-0.39, 0.29) is 17.9 Å². The van der Waals surface area contributed by atoms with Crippen molar-refractivity contribution < 1.29 is 8.60 Å². The molecule has 0 heterocycles. The van der Waals surface area contributed by atoms with Gasteiger partial charge in [0.15, 0.2) is 0 Å². The first-order valence-corrected chi connectivity index (χ1v) is 8.57. The molecule has 2 nitrogen and oxygen atoms in total. The fourth-order valence-electron chi connectivity index (χ4n) is 2.19. The van der Waals surface area contributed by atoms with E-state index in [2.05, 4.69) is 12.2 Å². The van der Waals surface area contributed by atoms with Crippen molar-refractivity contribution in [1.82, 2.24) is 5.32 Å². The van der Waals surface area contributed by atoms with Crippen molar-refractivity contribution in [3.05, 3.63) is 35.6 Å². The fraction of sp³-hybridized carbons (Fsp3) is 0.600. The van der Waals surface area contributed by atoms with Gasteiger partial charge in [0, 0.05) is 34.9 Å². The first kappa shape index (κ1) is 16.3. The highest BCUT2D eigenvalue weighted by molar-refractivity contribution is 7.84. The topological polar surface area (TPSA) is 29.1 Å². The zero-order valence-corrected chi connectivity index (χ0v) is 12.8. The molecule has 0 saturated heterocycles. The Kier molecular flexibility index (Phi) is 7.24. The Morgan fingerprint density at radius 1 is 1.32 bits per heavy atom. The number of halogens is 1. The molecule has 0 saturated carbocycles. The first-order chi connectivity index (χ1) is 9.02. The van der Waals surface area contributed by atoms with Gasteiger partial charge in [0.1, 0.15) is 5.82 Å². The van der Waals surface area contributed by atoms with Crippen LogP contribution >= 0.6 is 0 Å². The molecule has 0 bridgehead atoms. The molecule has 0 fully saturated rings. The average molecular weight is 285 g/mol. The maximum Gasteiger partial charge on any atom is 0.123 e. The van der Waals surface area contributed by atoms with Crippen LogP contribution in [0, 0.1) is 5.82 Å². The van der Waals surface area contributed by atoms with E-state index in [0.29, 0.717) is 5.75 Å². The van der Waals surface area contributed by atoms with E-state index in [1.807, 2.05) is 19.1 Å². The van der Waals surface area contributed by atoms with Crippen molar-refractivity contribution in [2.24, 2.45) is 0 Å². The lowest BCUT2D eigenvalue weighted by molar-refractivity contribution is 0.441. The summed E-state index contributed by atoms with van der Waals surface area (Å²) in [5.74, 6) is 0.435. The summed E-state index contributed by atoms with van der Waals surface area (Å²) in [5, 5.41) is 3.50. The van der Waals surface area contributed by atoms with Gasteiger partial charge in [-0.1, -0.05) is 31.9 Å². The minimum atomic E-state index is -0.800. The second-order valence-corrected chi connectivity index (χ2v) is 6.53. The predicted molar refractivity (Wildman–Crippen MR) is 80.2 cm³/mol. The summed E-state index contributed by atoms with van der Waals surface area (Å²) in [7, 11) is -0.800. The van der Waals surface area contributed by atoms with E-state index in [1.54, 1.807) is 6.26 Å². The van der Waals surface area contributed by atoms with Crippen molar-refractivity contribution in [2.45, 2.75) is 45.2 Å². The van der Waals surface area contributed by atoms with Gasteiger partial charge in [0.05, 0.1) is 0 Å². The van der Waals surface area contributed by atoms with Gasteiger partial charge in [-0.25, -0.2) is 4.39 Å². The lowest BCUT2D eigenvalue weighted by Gasteiger charge is -2.23. The van der Waals surface area contributed by atoms with Crippen LogP contribution in [-0.2, 0) is 10.8 Å². The Morgan fingerprint density at radius 3 is 2.47 bits per heavy atom. The highest BCUT2D eigenvalue weighted by atomic mass is 32.2. The third-order valence-electron chi connectivity index (χ3n) is 3.09. The van der Waals surface area contributed by atoms with E-state index in [1.165, 1.54) is 12.1 Å². The van der Waals surface area contributed by atoms with Gasteiger partial charge < -0.3 is 5.32 Å². The summed E-state index contributed by atoms with van der Waals surface area (Å²) >= 11 is 0. The lowest BCUT2D eigenvalue weighted by atomic mass is 10.0. The zero-order chi connectivity index (χ0) is 14.3. The molecule has 0 spiro atoms. The van der Waals surface area contributed by atoms with Crippen LogP contribution in [0.2, 0.25) is 0 Å². The summed E-state index contributed by atoms with van der Waals surface area (Å²) in [5.41, 5.74) is 1.10. The van der Waals surface area contributed by atoms with Gasteiger partial charge in [-0.3, -0.25) is 4.21 Å². The van der Waals surface area contributed by atoms with Crippen LogP contribution in [0.3, 0.4) is 0 Å². The number of hydrogen-bond acceptors (Lipinski definition) is 2. The number of benzene rings is 1. The predicted octanol–water partition coefficient (Wildman–Crippen LogP) is 3.41. The van der Waals surface area contributed by atoms with Crippen molar-refractivity contribution in [3.63, 3.8) is 0 Å². The Balaban J connectivity index is 2.70. The molecule has 3 atom stereocenters. The third-order valence-corrected chi connectivity index (χ3v) is 4.06. The molecule has 108 valence electrons. The number of nitrogens with one attached hydrogen (secondary N) is 1. The zero-order valence-electron chi connectivity index (χ0n) is 12.0. The van der Waals surface area contributed by atoms with Crippen LogP contribution in [0.5, 0.6) is 0 Å². The van der Waals surface area contributed by atoms with Crippen LogP contribution in [-0.4, -0.2) is 22.3 Å². The van der Waals surface area contributed by atoms with Gasteiger partial charge in [-0.05, 0) is 31.0 Å². The van der Waals surface area contributed by atoms with Crippen LogP contribution in [0.25, 0.3) is 0 Å². The second-order valence-electron chi connectivity index (χ2n) is 5.05. The van der Waals surface area contributed by atoms with E-state index in [0.717, 1.165) is 24.8 Å². The molecule has 4 heteroatoms. The monoisotopic (exact) mass is 285 g/mol. The summed E-state index contributed by atoms with van der Waals surface area (Å²) in [6, 6.07) is 7.06. The summed E-state index contributed by atoms with van der Waals surface area (Å²) < 4.78 is 24.2. The molecule has 1 N–H and O–H groups in total. The molecule has 0 radical (unpaired) electrons. The van der Waals surface area contributed by atoms with Gasteiger partial charge in [-0.15, -0.1) is 0 Å². The molecule has 0 amide bonds. The number of hydrogen-bond donors (Lipinski definition) is 1. The normalized spacial score (nSPS) is 16.0. The molecule has 3 unspecified atom stereocenters. The van der Waals surface area contributed by atoms with Gasteiger partial charge in [0.25, 0.3) is 0 Å². The van der Waals surface area contributed by atoms with Crippen LogP contribution in [0.15, 0.2) is 24.3 Å². The highest BCUT2D eigenvalue weighted by Gasteiger charge is 2.14. The summed E-state index contributed by atoms with van der Waals surface area (Å²) in [4.78, 5) is 0. The van der Waals surface area contributed by atoms with Crippen LogP contribution < -0.4 is 5.32 Å². The summed E-state index contributed by atoms with van der Waals surface area (Å²) in [6.07, 6.45) is 4.99. The van der Waals surface area contributed by atoms with E-state index >= 15 is 0 Å². The molecule has 0 aromatic heterocycles. The molecule has 0 aliphatic heterocycles. The molecule has 1 rings (SSSR count). The van der Waals surface area contributed by atoms with Crippen molar-refractivity contribution in [3.8, 4) is 0 Å². The molecule has 19 heavy (non-hydrogen) atoms. The molecule has 1 aromatic rings. The van der Waals surface area contributed by atoms with E-state index < -0.39 is 10.8 Å². The Bertz CT molecular complexity index is 394. The maximum atomic E-state index is 13.0. The largest absolute Gasteiger partial charge is 0.307 e. The van der Waals surface area contributed by atoms with Crippen LogP contribution in [0.1, 0.15) is 44.7 Å². The smallest absolute Gasteiger partial charge is 0.123 e. The first-order valence-electron chi connectivity index (χ1n) is 6.84. The van der Waals surface area contributed by atoms with Gasteiger partial charge in [0.2, 0.25) is 0 Å². The highest BCUT2D eigenvalue weighted by Crippen LogP contribution is 2.20. The summed E-state index contributed by atoms with van der Waals surface area (Å²) in [6.45, 7) is 4.20. The fourth-order valence-corrected chi connectivity index (χ4v) is 2.99. The molecule has 1 aromatic carbocycles. The Hall–Kier alpha value is -0.740. The quantitative estimate of drug-likeness (QED) is 0.793. The maximum absolute atomic E-state index is 13.0. The van der Waals surface area contributed by atoms with E-state index in [4.69, 9.17) is 0 Å². The Labute approximate surface area is 118 Å².